The van der Waals surface area contributed by atoms with E-state index in [9.17, 15) is 4.79 Å². The van der Waals surface area contributed by atoms with Crippen LogP contribution in [0, 0.1) is 0 Å². The lowest BCUT2D eigenvalue weighted by atomic mass is 10.1. The summed E-state index contributed by atoms with van der Waals surface area (Å²) in [6.07, 6.45) is 6.78. The summed E-state index contributed by atoms with van der Waals surface area (Å²) in [4.78, 5) is 23.3. The molecule has 25 heavy (non-hydrogen) atoms. The smallest absolute Gasteiger partial charge is 0.254 e. The standard InChI is InChI=1S/C17H19N7O/c1-22-8-7-20-16(22)15-10-18-6-9-23(15)17(25)13-2-4-14(5-3-13)24-12-19-11-21-24/h2-5,7-8,11-12,15,18H,6,9-10H2,1H3. The number of aryl methyl sites for hydroxylation is 1. The van der Waals surface area contributed by atoms with Crippen LogP contribution in [0.25, 0.3) is 5.69 Å². The number of amides is 1. The first kappa shape index (κ1) is 15.5. The fourth-order valence-electron chi connectivity index (χ4n) is 3.14. The van der Waals surface area contributed by atoms with Gasteiger partial charge in [-0.3, -0.25) is 4.79 Å². The van der Waals surface area contributed by atoms with Crippen molar-refractivity contribution in [1.82, 2.24) is 34.5 Å². The summed E-state index contributed by atoms with van der Waals surface area (Å²) in [5.41, 5.74) is 1.53. The molecule has 8 nitrogen and oxygen atoms in total. The normalized spacial score (nSPS) is 17.6. The maximum Gasteiger partial charge on any atom is 0.254 e. The SMILES string of the molecule is Cn1ccnc1C1CNCCN1C(=O)c1ccc(-n2cncn2)cc1. The van der Waals surface area contributed by atoms with E-state index in [4.69, 9.17) is 0 Å². The van der Waals surface area contributed by atoms with Crippen LogP contribution in [-0.2, 0) is 7.05 Å². The van der Waals surface area contributed by atoms with Crippen LogP contribution in [0.15, 0.2) is 49.3 Å². The van der Waals surface area contributed by atoms with Gasteiger partial charge in [-0.1, -0.05) is 0 Å². The maximum absolute atomic E-state index is 13.0. The Morgan fingerprint density at radius 1 is 1.28 bits per heavy atom. The first-order chi connectivity index (χ1) is 12.2. The van der Waals surface area contributed by atoms with Crippen LogP contribution < -0.4 is 5.32 Å². The van der Waals surface area contributed by atoms with Gasteiger partial charge in [-0.05, 0) is 24.3 Å². The molecule has 1 aliphatic heterocycles. The average molecular weight is 337 g/mol. The van der Waals surface area contributed by atoms with Crippen LogP contribution in [0.4, 0.5) is 0 Å². The van der Waals surface area contributed by atoms with Crippen LogP contribution in [0.3, 0.4) is 0 Å². The van der Waals surface area contributed by atoms with Crippen molar-refractivity contribution in [2.24, 2.45) is 7.05 Å². The van der Waals surface area contributed by atoms with E-state index in [0.29, 0.717) is 18.7 Å². The number of rotatable bonds is 3. The van der Waals surface area contributed by atoms with Crippen LogP contribution in [0.2, 0.25) is 0 Å². The highest BCUT2D eigenvalue weighted by Gasteiger charge is 2.30. The Kier molecular flexibility index (Phi) is 4.02. The minimum atomic E-state index is -0.0729. The molecule has 2 aromatic heterocycles. The third-order valence-electron chi connectivity index (χ3n) is 4.46. The van der Waals surface area contributed by atoms with Crippen molar-refractivity contribution >= 4 is 5.91 Å². The average Bonchev–Trinajstić information content (AvgIpc) is 3.33. The first-order valence-corrected chi connectivity index (χ1v) is 8.18. The molecule has 1 aromatic carbocycles. The lowest BCUT2D eigenvalue weighted by Crippen LogP contribution is -2.49. The van der Waals surface area contributed by atoms with Crippen LogP contribution in [0.1, 0.15) is 22.2 Å². The van der Waals surface area contributed by atoms with E-state index in [1.165, 1.54) is 6.33 Å². The quantitative estimate of drug-likeness (QED) is 0.764. The summed E-state index contributed by atoms with van der Waals surface area (Å²) in [6, 6.07) is 7.34. The van der Waals surface area contributed by atoms with Gasteiger partial charge in [-0.25, -0.2) is 14.6 Å². The van der Waals surface area contributed by atoms with Gasteiger partial charge in [-0.15, -0.1) is 0 Å². The van der Waals surface area contributed by atoms with Crippen LogP contribution >= 0.6 is 0 Å². The van der Waals surface area contributed by atoms with Gasteiger partial charge >= 0.3 is 0 Å². The van der Waals surface area contributed by atoms with Crippen molar-refractivity contribution in [3.63, 3.8) is 0 Å². The maximum atomic E-state index is 13.0. The molecule has 1 amide bonds. The molecule has 3 heterocycles. The van der Waals surface area contributed by atoms with E-state index in [0.717, 1.165) is 18.1 Å². The Bertz CT molecular complexity index is 854. The van der Waals surface area contributed by atoms with E-state index in [2.05, 4.69) is 20.4 Å². The summed E-state index contributed by atoms with van der Waals surface area (Å²) >= 11 is 0. The van der Waals surface area contributed by atoms with Gasteiger partial charge in [0.25, 0.3) is 5.91 Å². The fraction of sp³-hybridized carbons (Fsp3) is 0.294. The monoisotopic (exact) mass is 337 g/mol. The number of piperazine rings is 1. The zero-order chi connectivity index (χ0) is 17.2. The van der Waals surface area contributed by atoms with Gasteiger partial charge in [0, 0.05) is 44.6 Å². The molecule has 0 radical (unpaired) electrons. The second-order valence-electron chi connectivity index (χ2n) is 6.00. The molecule has 1 fully saturated rings. The molecule has 1 unspecified atom stereocenters. The van der Waals surface area contributed by atoms with E-state index in [-0.39, 0.29) is 11.9 Å². The summed E-state index contributed by atoms with van der Waals surface area (Å²) in [5.74, 6) is 0.902. The molecule has 1 aliphatic rings. The number of aromatic nitrogens is 5. The van der Waals surface area contributed by atoms with Gasteiger partial charge in [0.15, 0.2) is 0 Å². The Balaban J connectivity index is 1.59. The number of hydrogen-bond donors (Lipinski definition) is 1. The summed E-state index contributed by atoms with van der Waals surface area (Å²) in [6.45, 7) is 2.14. The number of carbonyl (C=O) groups is 1. The van der Waals surface area contributed by atoms with Crippen molar-refractivity contribution in [3.8, 4) is 5.69 Å². The number of benzene rings is 1. The first-order valence-electron chi connectivity index (χ1n) is 8.18. The number of hydrogen-bond acceptors (Lipinski definition) is 5. The molecule has 0 aliphatic carbocycles. The van der Waals surface area contributed by atoms with Crippen molar-refractivity contribution in [2.75, 3.05) is 19.6 Å². The van der Waals surface area contributed by atoms with E-state index < -0.39 is 0 Å². The predicted molar refractivity (Wildman–Crippen MR) is 91.2 cm³/mol. The zero-order valence-corrected chi connectivity index (χ0v) is 13.9. The van der Waals surface area contributed by atoms with E-state index in [1.54, 1.807) is 17.2 Å². The number of carbonyl (C=O) groups excluding carboxylic acids is 1. The summed E-state index contributed by atoms with van der Waals surface area (Å²) in [7, 11) is 1.95. The molecular formula is C17H19N7O. The van der Waals surface area contributed by atoms with E-state index in [1.807, 2.05) is 47.0 Å². The Labute approximate surface area is 145 Å². The van der Waals surface area contributed by atoms with Crippen LogP contribution in [-0.4, -0.2) is 54.8 Å². The predicted octanol–water partition coefficient (Wildman–Crippen LogP) is 0.787. The van der Waals surface area contributed by atoms with Crippen molar-refractivity contribution in [2.45, 2.75) is 6.04 Å². The molecule has 1 saturated heterocycles. The number of imidazole rings is 1. The molecule has 128 valence electrons. The molecular weight excluding hydrogens is 318 g/mol. The van der Waals surface area contributed by atoms with E-state index >= 15 is 0 Å². The highest BCUT2D eigenvalue weighted by molar-refractivity contribution is 5.94. The molecule has 0 bridgehead atoms. The number of nitrogens with zero attached hydrogens (tertiary/aromatic N) is 6. The highest BCUT2D eigenvalue weighted by Crippen LogP contribution is 2.23. The van der Waals surface area contributed by atoms with Crippen LogP contribution in [0.5, 0.6) is 0 Å². The minimum absolute atomic E-state index is 0.0136. The molecule has 1 atom stereocenters. The van der Waals surface area contributed by atoms with Gasteiger partial charge in [0.05, 0.1) is 5.69 Å². The summed E-state index contributed by atoms with van der Waals surface area (Å²) < 4.78 is 3.63. The molecule has 3 aromatic rings. The second-order valence-corrected chi connectivity index (χ2v) is 6.00. The van der Waals surface area contributed by atoms with Gasteiger partial charge < -0.3 is 14.8 Å². The second kappa shape index (κ2) is 6.48. The fourth-order valence-corrected chi connectivity index (χ4v) is 3.14. The van der Waals surface area contributed by atoms with Crippen molar-refractivity contribution < 1.29 is 4.79 Å². The Morgan fingerprint density at radius 2 is 2.12 bits per heavy atom. The number of nitrogens with one attached hydrogen (secondary N) is 1. The van der Waals surface area contributed by atoms with Crippen molar-refractivity contribution in [3.05, 3.63) is 60.7 Å². The zero-order valence-electron chi connectivity index (χ0n) is 13.9. The lowest BCUT2D eigenvalue weighted by molar-refractivity contribution is 0.0621. The molecule has 0 spiro atoms. The lowest BCUT2D eigenvalue weighted by Gasteiger charge is -2.35. The third-order valence-corrected chi connectivity index (χ3v) is 4.46. The Hall–Kier alpha value is -3.00. The van der Waals surface area contributed by atoms with Gasteiger partial charge in [0.1, 0.15) is 24.5 Å². The third kappa shape index (κ3) is 2.91. The van der Waals surface area contributed by atoms with Crippen molar-refractivity contribution in [1.29, 1.82) is 0 Å². The molecule has 8 heteroatoms. The van der Waals surface area contributed by atoms with Gasteiger partial charge in [-0.2, -0.15) is 5.10 Å². The van der Waals surface area contributed by atoms with Gasteiger partial charge in [0.2, 0.25) is 0 Å². The molecule has 1 N–H and O–H groups in total. The molecule has 4 rings (SSSR count). The topological polar surface area (TPSA) is 80.9 Å². The molecule has 0 saturated carbocycles. The summed E-state index contributed by atoms with van der Waals surface area (Å²) in [5, 5.41) is 7.45. The Morgan fingerprint density at radius 3 is 2.80 bits per heavy atom. The highest BCUT2D eigenvalue weighted by atomic mass is 16.2. The largest absolute Gasteiger partial charge is 0.336 e. The minimum Gasteiger partial charge on any atom is -0.336 e.